The van der Waals surface area contributed by atoms with Gasteiger partial charge in [-0.15, -0.1) is 0 Å². The molecule has 0 bridgehead atoms. The molecule has 0 aliphatic carbocycles. The minimum atomic E-state index is 0.0181. The van der Waals surface area contributed by atoms with Gasteiger partial charge >= 0.3 is 0 Å². The lowest BCUT2D eigenvalue weighted by Gasteiger charge is -2.23. The van der Waals surface area contributed by atoms with E-state index < -0.39 is 0 Å². The van der Waals surface area contributed by atoms with Crippen molar-refractivity contribution in [3.63, 3.8) is 0 Å². The fourth-order valence-corrected chi connectivity index (χ4v) is 2.52. The van der Waals surface area contributed by atoms with Crippen molar-refractivity contribution in [2.24, 2.45) is 0 Å². The molecule has 2 aromatic rings. The van der Waals surface area contributed by atoms with Crippen LogP contribution >= 0.6 is 0 Å². The van der Waals surface area contributed by atoms with Gasteiger partial charge in [0.25, 0.3) is 0 Å². The fourth-order valence-electron chi connectivity index (χ4n) is 2.52. The highest BCUT2D eigenvalue weighted by Gasteiger charge is 2.19. The molecule has 1 aliphatic rings. The fraction of sp³-hybridized carbons (Fsp3) is 0.429. The van der Waals surface area contributed by atoms with Gasteiger partial charge in [0.2, 0.25) is 0 Å². The standard InChI is InChI=1S/C14H15N3O/c1-10-6-11(8-15)12-9-16-17(13(12)7-10)14-4-2-3-5-18-14/h6-7,9,14H,2-5H2,1H3. The number of hydrogen-bond acceptors (Lipinski definition) is 3. The first-order chi connectivity index (χ1) is 8.79. The zero-order valence-corrected chi connectivity index (χ0v) is 10.4. The summed E-state index contributed by atoms with van der Waals surface area (Å²) in [5, 5.41) is 14.5. The number of rotatable bonds is 1. The van der Waals surface area contributed by atoms with E-state index in [4.69, 9.17) is 10.00 Å². The summed E-state index contributed by atoms with van der Waals surface area (Å²) >= 11 is 0. The maximum Gasteiger partial charge on any atom is 0.150 e. The van der Waals surface area contributed by atoms with Gasteiger partial charge in [-0.2, -0.15) is 10.4 Å². The third-order valence-electron chi connectivity index (χ3n) is 3.41. The van der Waals surface area contributed by atoms with Crippen molar-refractivity contribution < 1.29 is 4.74 Å². The number of hydrogen-bond donors (Lipinski definition) is 0. The third kappa shape index (κ3) is 1.77. The molecule has 92 valence electrons. The monoisotopic (exact) mass is 241 g/mol. The van der Waals surface area contributed by atoms with Crippen LogP contribution in [0.4, 0.5) is 0 Å². The highest BCUT2D eigenvalue weighted by atomic mass is 16.5. The molecular formula is C14H15N3O. The summed E-state index contributed by atoms with van der Waals surface area (Å²) in [6.07, 6.45) is 5.07. The van der Waals surface area contributed by atoms with Crippen LogP contribution < -0.4 is 0 Å². The summed E-state index contributed by atoms with van der Waals surface area (Å²) in [6, 6.07) is 6.20. The van der Waals surface area contributed by atoms with E-state index in [1.807, 2.05) is 17.7 Å². The molecule has 3 rings (SSSR count). The Bertz CT molecular complexity index is 618. The van der Waals surface area contributed by atoms with Crippen molar-refractivity contribution in [3.8, 4) is 6.07 Å². The molecule has 0 radical (unpaired) electrons. The van der Waals surface area contributed by atoms with Gasteiger partial charge in [0.05, 0.1) is 23.3 Å². The number of aromatic nitrogens is 2. The minimum Gasteiger partial charge on any atom is -0.356 e. The second kappa shape index (κ2) is 4.43. The summed E-state index contributed by atoms with van der Waals surface area (Å²) in [7, 11) is 0. The van der Waals surface area contributed by atoms with Gasteiger partial charge in [0.1, 0.15) is 0 Å². The highest BCUT2D eigenvalue weighted by molar-refractivity contribution is 5.85. The predicted octanol–water partition coefficient (Wildman–Crippen LogP) is 2.92. The molecule has 18 heavy (non-hydrogen) atoms. The Balaban J connectivity index is 2.13. The molecule has 1 aromatic carbocycles. The summed E-state index contributed by atoms with van der Waals surface area (Å²) in [5.74, 6) is 0. The Kier molecular flexibility index (Phi) is 2.77. The number of fused-ring (bicyclic) bond motifs is 1. The van der Waals surface area contributed by atoms with Crippen LogP contribution in [-0.4, -0.2) is 16.4 Å². The van der Waals surface area contributed by atoms with Crippen LogP contribution in [0, 0.1) is 18.3 Å². The predicted molar refractivity (Wildman–Crippen MR) is 68.0 cm³/mol. The largest absolute Gasteiger partial charge is 0.356 e. The van der Waals surface area contributed by atoms with Crippen LogP contribution in [0.25, 0.3) is 10.9 Å². The molecule has 1 atom stereocenters. The van der Waals surface area contributed by atoms with Crippen molar-refractivity contribution in [2.45, 2.75) is 32.4 Å². The first-order valence-electron chi connectivity index (χ1n) is 6.29. The molecule has 4 heteroatoms. The number of nitriles is 1. The van der Waals surface area contributed by atoms with Crippen molar-refractivity contribution in [2.75, 3.05) is 6.61 Å². The van der Waals surface area contributed by atoms with E-state index in [1.165, 1.54) is 6.42 Å². The first-order valence-corrected chi connectivity index (χ1v) is 6.29. The summed E-state index contributed by atoms with van der Waals surface area (Å²) in [4.78, 5) is 0. The second-order valence-corrected chi connectivity index (χ2v) is 4.77. The number of benzene rings is 1. The lowest BCUT2D eigenvalue weighted by Crippen LogP contribution is -2.18. The van der Waals surface area contributed by atoms with Crippen molar-refractivity contribution in [1.82, 2.24) is 9.78 Å². The Morgan fingerprint density at radius 1 is 1.44 bits per heavy atom. The smallest absolute Gasteiger partial charge is 0.150 e. The zero-order chi connectivity index (χ0) is 12.5. The molecule has 0 spiro atoms. The molecule has 4 nitrogen and oxygen atoms in total. The van der Waals surface area contributed by atoms with Gasteiger partial charge in [-0.1, -0.05) is 0 Å². The summed E-state index contributed by atoms with van der Waals surface area (Å²) in [6.45, 7) is 2.79. The lowest BCUT2D eigenvalue weighted by atomic mass is 10.1. The van der Waals surface area contributed by atoms with Crippen LogP contribution in [0.2, 0.25) is 0 Å². The van der Waals surface area contributed by atoms with Crippen molar-refractivity contribution >= 4 is 10.9 Å². The number of aryl methyl sites for hydroxylation is 1. The van der Waals surface area contributed by atoms with E-state index in [-0.39, 0.29) is 6.23 Å². The van der Waals surface area contributed by atoms with Crippen LogP contribution in [0.1, 0.15) is 36.6 Å². The Morgan fingerprint density at radius 2 is 2.33 bits per heavy atom. The van der Waals surface area contributed by atoms with E-state index in [0.717, 1.165) is 35.9 Å². The molecule has 1 aromatic heterocycles. The molecule has 1 saturated heterocycles. The number of ether oxygens (including phenoxy) is 1. The second-order valence-electron chi connectivity index (χ2n) is 4.77. The average molecular weight is 241 g/mol. The quantitative estimate of drug-likeness (QED) is 0.771. The molecule has 0 amide bonds. The molecule has 0 saturated carbocycles. The maximum atomic E-state index is 9.16. The van der Waals surface area contributed by atoms with Crippen LogP contribution in [0.15, 0.2) is 18.3 Å². The molecule has 1 aliphatic heterocycles. The first kappa shape index (κ1) is 11.2. The van der Waals surface area contributed by atoms with E-state index in [9.17, 15) is 0 Å². The Morgan fingerprint density at radius 3 is 3.06 bits per heavy atom. The van der Waals surface area contributed by atoms with Gasteiger partial charge in [-0.3, -0.25) is 0 Å². The summed E-state index contributed by atoms with van der Waals surface area (Å²) < 4.78 is 7.68. The van der Waals surface area contributed by atoms with Gasteiger partial charge < -0.3 is 4.74 Å². The molecule has 1 fully saturated rings. The summed E-state index contributed by atoms with van der Waals surface area (Å²) in [5.41, 5.74) is 2.77. The van der Waals surface area contributed by atoms with Gasteiger partial charge in [0, 0.05) is 12.0 Å². The zero-order valence-electron chi connectivity index (χ0n) is 10.4. The Labute approximate surface area is 106 Å². The maximum absolute atomic E-state index is 9.16. The lowest BCUT2D eigenvalue weighted by molar-refractivity contribution is -0.0366. The van der Waals surface area contributed by atoms with Gasteiger partial charge in [0.15, 0.2) is 6.23 Å². The van der Waals surface area contributed by atoms with Crippen LogP contribution in [0.5, 0.6) is 0 Å². The van der Waals surface area contributed by atoms with E-state index >= 15 is 0 Å². The highest BCUT2D eigenvalue weighted by Crippen LogP contribution is 2.28. The van der Waals surface area contributed by atoms with Crippen molar-refractivity contribution in [3.05, 3.63) is 29.5 Å². The van der Waals surface area contributed by atoms with Gasteiger partial charge in [-0.05, 0) is 43.9 Å². The molecule has 0 N–H and O–H groups in total. The van der Waals surface area contributed by atoms with E-state index in [0.29, 0.717) is 5.56 Å². The Hall–Kier alpha value is -1.86. The molecular weight excluding hydrogens is 226 g/mol. The normalized spacial score (nSPS) is 19.9. The van der Waals surface area contributed by atoms with Crippen LogP contribution in [-0.2, 0) is 4.74 Å². The molecule has 2 heterocycles. The van der Waals surface area contributed by atoms with E-state index in [2.05, 4.69) is 17.2 Å². The number of nitrogens with zero attached hydrogens (tertiary/aromatic N) is 3. The van der Waals surface area contributed by atoms with Crippen molar-refractivity contribution in [1.29, 1.82) is 5.26 Å². The van der Waals surface area contributed by atoms with Crippen LogP contribution in [0.3, 0.4) is 0 Å². The SMILES string of the molecule is Cc1cc(C#N)c2cnn(C3CCCCO3)c2c1. The minimum absolute atomic E-state index is 0.0181. The van der Waals surface area contributed by atoms with Gasteiger partial charge in [-0.25, -0.2) is 4.68 Å². The third-order valence-corrected chi connectivity index (χ3v) is 3.41. The average Bonchev–Trinajstić information content (AvgIpc) is 2.82. The van der Waals surface area contributed by atoms with E-state index in [1.54, 1.807) is 6.20 Å². The topological polar surface area (TPSA) is 50.8 Å². The molecule has 1 unspecified atom stereocenters.